The van der Waals surface area contributed by atoms with Crippen LogP contribution in [0.5, 0.6) is 0 Å². The average molecular weight is 299 g/mol. The summed E-state index contributed by atoms with van der Waals surface area (Å²) in [6.45, 7) is 0. The summed E-state index contributed by atoms with van der Waals surface area (Å²) in [5, 5.41) is 0. The van der Waals surface area contributed by atoms with E-state index in [-0.39, 0.29) is 101 Å². The Morgan fingerprint density at radius 1 is 0.692 bits per heavy atom. The molecule has 0 heterocycles. The Morgan fingerprint density at radius 3 is 0.692 bits per heavy atom. The van der Waals surface area contributed by atoms with Gasteiger partial charge >= 0.3 is 17.1 Å². The molecule has 10 nitrogen and oxygen atoms in total. The van der Waals surface area contributed by atoms with Gasteiger partial charge in [0.25, 0.3) is 0 Å². The second-order valence-electron chi connectivity index (χ2n) is 0.408. The third-order valence-electron chi connectivity index (χ3n) is 0. The monoisotopic (exact) mass is 299 g/mol. The quantitative estimate of drug-likeness (QED) is 0.239. The van der Waals surface area contributed by atoms with Crippen molar-refractivity contribution in [3.63, 3.8) is 0 Å². The molecule has 0 saturated carbocycles. The first-order valence-corrected chi connectivity index (χ1v) is 2.00. The van der Waals surface area contributed by atoms with E-state index in [0.717, 1.165) is 0 Å². The number of hydrogen-bond acceptors (Lipinski definition) is 4. The molecule has 0 fully saturated rings. The Bertz CT molecular complexity index is 98.1. The van der Waals surface area contributed by atoms with Crippen molar-refractivity contribution in [3.05, 3.63) is 0 Å². The topological polar surface area (TPSA) is 269 Å². The normalized spacial score (nSPS) is 4.46. The largest absolute Gasteiger partial charge is 2.00 e. The molecule has 0 unspecified atom stereocenters. The first-order valence-electron chi connectivity index (χ1n) is 0.667. The molecule has 13 heteroatoms. The zero-order chi connectivity index (χ0) is 4.50. The molecule has 0 aliphatic rings. The van der Waals surface area contributed by atoms with Gasteiger partial charge in [0, 0.05) is 61.8 Å². The van der Waals surface area contributed by atoms with E-state index in [4.69, 9.17) is 17.5 Å². The predicted molar refractivity (Wildman–Crippen MR) is 37.9 cm³/mol. The molecule has 0 amide bonds. The summed E-state index contributed by atoms with van der Waals surface area (Å²) in [7, 11) is -5.17. The van der Waals surface area contributed by atoms with Gasteiger partial charge in [0.1, 0.15) is 0 Å². The number of rotatable bonds is 0. The minimum atomic E-state index is -5.17. The average Bonchev–Trinajstić information content (AvgIpc) is 0.722. The van der Waals surface area contributed by atoms with E-state index < -0.39 is 10.4 Å². The Morgan fingerprint density at radius 2 is 0.692 bits per heavy atom. The molecule has 0 aliphatic heterocycles. The Kier molecular flexibility index (Phi) is 240. The van der Waals surface area contributed by atoms with Gasteiger partial charge < -0.3 is 42.0 Å². The maximum absolute atomic E-state index is 8.52. The molecule has 0 aromatic rings. The predicted octanol–water partition coefficient (Wildman–Crippen LogP) is -6.67. The van der Waals surface area contributed by atoms with Gasteiger partial charge in [-0.15, -0.1) is 0 Å². The molecule has 0 aromatic heterocycles. The standard InChI is InChI=1S/Fe.K.H2O4S.6H2O/c;;1-5(2,3)4;;;;;;/h;;(H2,1,2,3,4);6*1H2/q+2;;;;;;;;/p-2. The van der Waals surface area contributed by atoms with Crippen LogP contribution in [0.1, 0.15) is 0 Å². The van der Waals surface area contributed by atoms with Crippen LogP contribution < -0.4 is 0 Å². The molecule has 0 spiro atoms. The van der Waals surface area contributed by atoms with Crippen LogP contribution in [0.4, 0.5) is 0 Å². The first kappa shape index (κ1) is 83.9. The molecular formula is H12FeKO10S. The second-order valence-corrected chi connectivity index (χ2v) is 1.22. The van der Waals surface area contributed by atoms with Crippen LogP contribution in [-0.4, -0.2) is 102 Å². The molecule has 0 rings (SSSR count). The van der Waals surface area contributed by atoms with Crippen LogP contribution in [0, 0.1) is 0 Å². The van der Waals surface area contributed by atoms with Crippen LogP contribution in [0.3, 0.4) is 0 Å². The molecule has 13 heavy (non-hydrogen) atoms. The van der Waals surface area contributed by atoms with Gasteiger partial charge in [-0.2, -0.15) is 0 Å². The fourth-order valence-corrected chi connectivity index (χ4v) is 0. The maximum atomic E-state index is 8.52. The Labute approximate surface area is 127 Å². The third kappa shape index (κ3) is 600. The van der Waals surface area contributed by atoms with E-state index in [1.54, 1.807) is 0 Å². The third-order valence-corrected chi connectivity index (χ3v) is 0. The molecule has 87 valence electrons. The Hall–Kier alpha value is 1.79. The fourth-order valence-electron chi connectivity index (χ4n) is 0. The van der Waals surface area contributed by atoms with Crippen molar-refractivity contribution < 1.29 is 67.4 Å². The summed E-state index contributed by atoms with van der Waals surface area (Å²) in [4.78, 5) is 0. The van der Waals surface area contributed by atoms with Crippen molar-refractivity contribution in [2.75, 3.05) is 0 Å². The summed E-state index contributed by atoms with van der Waals surface area (Å²) in [6, 6.07) is 0. The molecule has 0 atom stereocenters. The zero-order valence-corrected chi connectivity index (χ0v) is 11.4. The van der Waals surface area contributed by atoms with Crippen LogP contribution in [0.25, 0.3) is 0 Å². The van der Waals surface area contributed by atoms with Gasteiger partial charge in [0.15, 0.2) is 0 Å². The zero-order valence-electron chi connectivity index (χ0n) is 6.39. The maximum Gasteiger partial charge on any atom is 2.00 e. The molecule has 0 bridgehead atoms. The smallest absolute Gasteiger partial charge is 0.759 e. The summed E-state index contributed by atoms with van der Waals surface area (Å²) < 4.78 is 34.1. The van der Waals surface area contributed by atoms with Crippen LogP contribution in [-0.2, 0) is 27.5 Å². The van der Waals surface area contributed by atoms with Gasteiger partial charge in [-0.3, -0.25) is 8.42 Å². The van der Waals surface area contributed by atoms with Crippen molar-refractivity contribution >= 4 is 61.8 Å². The van der Waals surface area contributed by atoms with Crippen molar-refractivity contribution in [3.8, 4) is 0 Å². The van der Waals surface area contributed by atoms with Crippen molar-refractivity contribution in [2.45, 2.75) is 0 Å². The van der Waals surface area contributed by atoms with Crippen LogP contribution >= 0.6 is 0 Å². The van der Waals surface area contributed by atoms with E-state index in [2.05, 4.69) is 0 Å². The van der Waals surface area contributed by atoms with Crippen molar-refractivity contribution in [1.82, 2.24) is 0 Å². The van der Waals surface area contributed by atoms with Gasteiger partial charge in [-0.1, -0.05) is 0 Å². The molecular weight excluding hydrogens is 287 g/mol. The molecule has 0 aromatic carbocycles. The minimum Gasteiger partial charge on any atom is -0.759 e. The summed E-state index contributed by atoms with van der Waals surface area (Å²) >= 11 is 0. The second kappa shape index (κ2) is 37.2. The minimum absolute atomic E-state index is 0. The molecule has 0 aliphatic carbocycles. The van der Waals surface area contributed by atoms with E-state index in [1.807, 2.05) is 0 Å². The van der Waals surface area contributed by atoms with Gasteiger partial charge in [0.2, 0.25) is 0 Å². The van der Waals surface area contributed by atoms with Crippen LogP contribution in [0.15, 0.2) is 0 Å². The number of hydrogen-bond donors (Lipinski definition) is 0. The van der Waals surface area contributed by atoms with Gasteiger partial charge in [-0.25, -0.2) is 0 Å². The van der Waals surface area contributed by atoms with E-state index in [1.165, 1.54) is 0 Å². The fraction of sp³-hybridized carbons (Fsp3) is 0. The van der Waals surface area contributed by atoms with E-state index in [9.17, 15) is 0 Å². The van der Waals surface area contributed by atoms with Crippen LogP contribution in [0.2, 0.25) is 0 Å². The van der Waals surface area contributed by atoms with Crippen molar-refractivity contribution in [2.24, 2.45) is 0 Å². The first-order chi connectivity index (χ1) is 2.00. The summed E-state index contributed by atoms with van der Waals surface area (Å²) in [6.07, 6.45) is 0. The van der Waals surface area contributed by atoms with Crippen molar-refractivity contribution in [1.29, 1.82) is 0 Å². The van der Waals surface area contributed by atoms with E-state index in [0.29, 0.717) is 0 Å². The van der Waals surface area contributed by atoms with E-state index >= 15 is 0 Å². The van der Waals surface area contributed by atoms with Gasteiger partial charge in [0.05, 0.1) is 0 Å². The molecule has 12 N–H and O–H groups in total. The SMILES string of the molecule is O.O.O.O.O.O.O=S(=O)([O-])[O-].[Fe+2].[K]. The molecule has 0 saturated heterocycles. The summed E-state index contributed by atoms with van der Waals surface area (Å²) in [5.74, 6) is 0. The summed E-state index contributed by atoms with van der Waals surface area (Å²) in [5.41, 5.74) is 0. The Balaban J connectivity index is -0.00000000286. The molecule has 1 radical (unpaired) electrons. The van der Waals surface area contributed by atoms with Gasteiger partial charge in [-0.05, 0) is 0 Å².